The van der Waals surface area contributed by atoms with Gasteiger partial charge in [0.05, 0.1) is 31.4 Å². The molecule has 2 aromatic heterocycles. The van der Waals surface area contributed by atoms with E-state index in [4.69, 9.17) is 15.2 Å². The van der Waals surface area contributed by atoms with Crippen molar-refractivity contribution in [2.75, 3.05) is 50.4 Å². The second-order valence-corrected chi connectivity index (χ2v) is 12.3. The topological polar surface area (TPSA) is 125 Å². The Labute approximate surface area is 236 Å². The molecule has 1 saturated heterocycles. The summed E-state index contributed by atoms with van der Waals surface area (Å²) in [4.78, 5) is 10.6. The summed E-state index contributed by atoms with van der Waals surface area (Å²) in [6.45, 7) is 5.08. The van der Waals surface area contributed by atoms with E-state index >= 15 is 0 Å². The van der Waals surface area contributed by atoms with E-state index in [9.17, 15) is 17.2 Å². The van der Waals surface area contributed by atoms with Gasteiger partial charge in [-0.3, -0.25) is 9.62 Å². The van der Waals surface area contributed by atoms with Crippen molar-refractivity contribution in [2.45, 2.75) is 24.3 Å². The molecule has 2 aromatic carbocycles. The maximum atomic E-state index is 14.3. The van der Waals surface area contributed by atoms with Crippen LogP contribution in [0.15, 0.2) is 53.6 Å². The van der Waals surface area contributed by atoms with Crippen LogP contribution in [0, 0.1) is 17.0 Å². The van der Waals surface area contributed by atoms with Gasteiger partial charge in [0, 0.05) is 49.4 Å². The highest BCUT2D eigenvalue weighted by Crippen LogP contribution is 2.49. The second-order valence-electron chi connectivity index (χ2n) is 10.6. The summed E-state index contributed by atoms with van der Waals surface area (Å²) in [6.07, 6.45) is 3.79. The molecular weight excluding hydrogens is 554 g/mol. The number of nitrogens with one attached hydrogen (secondary N) is 1. The Morgan fingerprint density at radius 1 is 1.07 bits per heavy atom. The fourth-order valence-corrected chi connectivity index (χ4v) is 6.45. The fourth-order valence-electron chi connectivity index (χ4n) is 5.34. The molecule has 0 atom stereocenters. The first-order valence-electron chi connectivity index (χ1n) is 13.2. The summed E-state index contributed by atoms with van der Waals surface area (Å²) in [5, 5.41) is 0. The lowest BCUT2D eigenvalue weighted by molar-refractivity contribution is 0.0270. The lowest BCUT2D eigenvalue weighted by Crippen LogP contribution is -2.40. The van der Waals surface area contributed by atoms with Crippen molar-refractivity contribution in [3.63, 3.8) is 0 Å². The molecule has 2 aliphatic rings. The number of nitrogen functional groups attached to an aromatic ring is 1. The molecule has 216 valence electrons. The number of morpholine rings is 1. The molecule has 1 aliphatic heterocycles. The Balaban J connectivity index is 1.31. The van der Waals surface area contributed by atoms with Crippen molar-refractivity contribution in [1.29, 1.82) is 0 Å². The van der Waals surface area contributed by atoms with Gasteiger partial charge in [-0.05, 0) is 48.7 Å². The van der Waals surface area contributed by atoms with E-state index in [0.717, 1.165) is 81.0 Å². The van der Waals surface area contributed by atoms with Gasteiger partial charge in [0.25, 0.3) is 10.0 Å². The van der Waals surface area contributed by atoms with Crippen LogP contribution in [0.1, 0.15) is 12.8 Å². The summed E-state index contributed by atoms with van der Waals surface area (Å²) in [5.41, 5.74) is 9.47. The number of pyridine rings is 1. The van der Waals surface area contributed by atoms with Crippen LogP contribution >= 0.6 is 0 Å². The molecule has 2 fully saturated rings. The molecule has 41 heavy (non-hydrogen) atoms. The van der Waals surface area contributed by atoms with Gasteiger partial charge in [0.1, 0.15) is 22.2 Å². The summed E-state index contributed by atoms with van der Waals surface area (Å²) in [6, 6.07) is 9.46. The molecule has 1 saturated carbocycles. The number of nitrogens with zero attached hydrogens (tertiary/aromatic N) is 4. The van der Waals surface area contributed by atoms with Gasteiger partial charge >= 0.3 is 0 Å². The normalized spacial score (nSPS) is 17.0. The highest BCUT2D eigenvalue weighted by atomic mass is 32.2. The zero-order valence-electron chi connectivity index (χ0n) is 22.4. The average molecular weight is 585 g/mol. The molecule has 6 rings (SSSR count). The second kappa shape index (κ2) is 10.5. The third kappa shape index (κ3) is 5.56. The lowest BCUT2D eigenvalue weighted by Gasteiger charge is -2.31. The van der Waals surface area contributed by atoms with Crippen LogP contribution in [0.3, 0.4) is 0 Å². The number of benzene rings is 2. The van der Waals surface area contributed by atoms with Crippen LogP contribution in [0.5, 0.6) is 5.88 Å². The molecule has 3 heterocycles. The van der Waals surface area contributed by atoms with Crippen LogP contribution in [0.25, 0.3) is 22.2 Å². The fraction of sp³-hybridized carbons (Fsp3) is 0.357. The number of nitrogens with two attached hydrogens (primary N) is 1. The van der Waals surface area contributed by atoms with Gasteiger partial charge in [-0.1, -0.05) is 6.07 Å². The molecule has 3 N–H and O–H groups in total. The van der Waals surface area contributed by atoms with E-state index in [1.165, 1.54) is 7.11 Å². The maximum absolute atomic E-state index is 14.3. The zero-order chi connectivity index (χ0) is 28.8. The van der Waals surface area contributed by atoms with Crippen LogP contribution in [-0.4, -0.2) is 67.8 Å². The number of halogens is 2. The quantitative estimate of drug-likeness (QED) is 0.304. The molecule has 10 nitrogen and oxygen atoms in total. The summed E-state index contributed by atoms with van der Waals surface area (Å²) in [7, 11) is -3.07. The van der Waals surface area contributed by atoms with Crippen molar-refractivity contribution < 1.29 is 26.7 Å². The van der Waals surface area contributed by atoms with E-state index in [1.54, 1.807) is 12.3 Å². The van der Waals surface area contributed by atoms with E-state index in [0.29, 0.717) is 17.6 Å². The largest absolute Gasteiger partial charge is 0.480 e. The average Bonchev–Trinajstić information content (AvgIpc) is 3.63. The van der Waals surface area contributed by atoms with E-state index in [1.807, 2.05) is 22.8 Å². The van der Waals surface area contributed by atoms with Gasteiger partial charge in [0.15, 0.2) is 0 Å². The number of hydrogen-bond donors (Lipinski definition) is 2. The summed E-state index contributed by atoms with van der Waals surface area (Å²) in [5.74, 6) is -1.66. The van der Waals surface area contributed by atoms with Gasteiger partial charge in [0.2, 0.25) is 11.8 Å². The first-order chi connectivity index (χ1) is 19.7. The molecule has 0 amide bonds. The number of ether oxygens (including phenoxy) is 2. The standard InChI is InChI=1S/C28H30F2N6O4S/c1-39-26-23(34-41(37,38)25-5-3-20(29)14-21(25)30)12-19(15-32-26)18-2-4-22-24(13-18)36(27(31)33-22)17-28(6-7-28)16-35-8-10-40-11-9-35/h2-5,12-15,34H,6-11,16-17H2,1H3,(H2,31,33). The van der Waals surface area contributed by atoms with Crippen LogP contribution < -0.4 is 15.2 Å². The molecular formula is C28H30F2N6O4S. The van der Waals surface area contributed by atoms with Gasteiger partial charge in [-0.25, -0.2) is 27.2 Å². The van der Waals surface area contributed by atoms with Gasteiger partial charge in [-0.15, -0.1) is 0 Å². The molecule has 1 aliphatic carbocycles. The number of fused-ring (bicyclic) bond motifs is 1. The van der Waals surface area contributed by atoms with Crippen molar-refractivity contribution >= 4 is 32.7 Å². The number of rotatable bonds is 9. The number of aromatic nitrogens is 3. The smallest absolute Gasteiger partial charge is 0.264 e. The van der Waals surface area contributed by atoms with E-state index in [-0.39, 0.29) is 17.0 Å². The Morgan fingerprint density at radius 3 is 2.56 bits per heavy atom. The summed E-state index contributed by atoms with van der Waals surface area (Å²) < 4.78 is 68.7. The number of hydrogen-bond acceptors (Lipinski definition) is 8. The monoisotopic (exact) mass is 584 g/mol. The predicted molar refractivity (Wildman–Crippen MR) is 150 cm³/mol. The van der Waals surface area contributed by atoms with Crippen molar-refractivity contribution in [1.82, 2.24) is 19.4 Å². The van der Waals surface area contributed by atoms with E-state index < -0.39 is 26.6 Å². The summed E-state index contributed by atoms with van der Waals surface area (Å²) >= 11 is 0. The minimum atomic E-state index is -4.41. The Morgan fingerprint density at radius 2 is 1.85 bits per heavy atom. The van der Waals surface area contributed by atoms with Crippen LogP contribution in [-0.2, 0) is 21.3 Å². The molecule has 13 heteroatoms. The van der Waals surface area contributed by atoms with Crippen LogP contribution in [0.2, 0.25) is 0 Å². The number of imidazole rings is 1. The van der Waals surface area contributed by atoms with Crippen molar-refractivity contribution in [3.05, 3.63) is 60.3 Å². The lowest BCUT2D eigenvalue weighted by atomic mass is 10.0. The third-order valence-corrected chi connectivity index (χ3v) is 9.10. The minimum Gasteiger partial charge on any atom is -0.480 e. The van der Waals surface area contributed by atoms with Crippen molar-refractivity contribution in [3.8, 4) is 17.0 Å². The number of sulfonamides is 1. The van der Waals surface area contributed by atoms with Gasteiger partial charge in [-0.2, -0.15) is 0 Å². The molecule has 0 radical (unpaired) electrons. The number of methoxy groups -OCH3 is 1. The Kier molecular flexibility index (Phi) is 7.04. The first-order valence-corrected chi connectivity index (χ1v) is 14.7. The molecule has 0 unspecified atom stereocenters. The highest BCUT2D eigenvalue weighted by molar-refractivity contribution is 7.92. The predicted octanol–water partition coefficient (Wildman–Crippen LogP) is 3.88. The Bertz CT molecular complexity index is 1720. The minimum absolute atomic E-state index is 0.00397. The molecule has 0 spiro atoms. The van der Waals surface area contributed by atoms with E-state index in [2.05, 4.69) is 19.6 Å². The van der Waals surface area contributed by atoms with Gasteiger partial charge < -0.3 is 19.8 Å². The number of anilines is 2. The highest BCUT2D eigenvalue weighted by Gasteiger charge is 2.45. The maximum Gasteiger partial charge on any atom is 0.264 e. The van der Waals surface area contributed by atoms with Crippen molar-refractivity contribution in [2.24, 2.45) is 5.41 Å². The third-order valence-electron chi connectivity index (χ3n) is 7.70. The first kappa shape index (κ1) is 27.4. The molecule has 0 bridgehead atoms. The van der Waals surface area contributed by atoms with Crippen LogP contribution in [0.4, 0.5) is 20.4 Å². The SMILES string of the molecule is COc1ncc(-c2ccc3nc(N)n(CC4(CN5CCOCC5)CC4)c3c2)cc1NS(=O)(=O)c1ccc(F)cc1F. The Hall–Kier alpha value is -3.81. The molecule has 4 aromatic rings. The zero-order valence-corrected chi connectivity index (χ0v) is 23.3.